The van der Waals surface area contributed by atoms with Crippen molar-refractivity contribution in [2.45, 2.75) is 13.8 Å². The van der Waals surface area contributed by atoms with Gasteiger partial charge in [0.05, 0.1) is 0 Å². The van der Waals surface area contributed by atoms with Crippen LogP contribution in [-0.2, 0) is 9.59 Å². The van der Waals surface area contributed by atoms with Crippen LogP contribution < -0.4 is 0 Å². The summed E-state index contributed by atoms with van der Waals surface area (Å²) in [4.78, 5) is 19.3. The number of aldehydes is 1. The maximum atomic E-state index is 9.89. The Morgan fingerprint density at radius 1 is 1.14 bits per heavy atom. The van der Waals surface area contributed by atoms with E-state index in [1.54, 1.807) is 6.08 Å². The summed E-state index contributed by atoms with van der Waals surface area (Å²) >= 11 is 0. The molecule has 74 valence electrons. The molecule has 0 amide bonds. The van der Waals surface area contributed by atoms with Crippen molar-refractivity contribution in [3.8, 4) is 0 Å². The molecule has 1 aromatic carbocycles. The molecule has 0 atom stereocenters. The summed E-state index contributed by atoms with van der Waals surface area (Å²) in [5.74, 6) is 0.167. The van der Waals surface area contributed by atoms with E-state index in [1.165, 1.54) is 19.9 Å². The molecule has 0 aliphatic carbocycles. The number of Topliss-reactive ketones (excluding diaryl/α,β-unsaturated/α-hetero) is 1. The number of hydrogen-bond donors (Lipinski definition) is 0. The van der Waals surface area contributed by atoms with Gasteiger partial charge in [0.15, 0.2) is 0 Å². The molecule has 1 rings (SSSR count). The molecule has 0 aliphatic heterocycles. The van der Waals surface area contributed by atoms with Gasteiger partial charge in [0.1, 0.15) is 12.1 Å². The maximum absolute atomic E-state index is 9.89. The van der Waals surface area contributed by atoms with Crippen LogP contribution in [0.1, 0.15) is 19.4 Å². The molecule has 0 heterocycles. The minimum atomic E-state index is 0.167. The Bertz CT molecular complexity index is 295. The highest BCUT2D eigenvalue weighted by Crippen LogP contribution is 1.99. The summed E-state index contributed by atoms with van der Waals surface area (Å²) in [6.07, 6.45) is 4.02. The molecular formula is C12H14O2. The molecule has 0 radical (unpaired) electrons. The summed E-state index contributed by atoms with van der Waals surface area (Å²) in [6.45, 7) is 3.06. The van der Waals surface area contributed by atoms with Crippen molar-refractivity contribution < 1.29 is 9.59 Å². The van der Waals surface area contributed by atoms with Crippen LogP contribution in [0.15, 0.2) is 36.4 Å². The second-order valence-electron chi connectivity index (χ2n) is 2.81. The molecule has 0 saturated carbocycles. The highest BCUT2D eigenvalue weighted by molar-refractivity contribution is 5.73. The molecular weight excluding hydrogens is 176 g/mol. The van der Waals surface area contributed by atoms with Crippen molar-refractivity contribution in [3.05, 3.63) is 42.0 Å². The lowest BCUT2D eigenvalue weighted by molar-refractivity contribution is -0.115. The first kappa shape index (κ1) is 12.3. The van der Waals surface area contributed by atoms with E-state index in [9.17, 15) is 9.59 Å². The Kier molecular flexibility index (Phi) is 6.96. The lowest BCUT2D eigenvalue weighted by Crippen LogP contribution is -1.69. The fourth-order valence-corrected chi connectivity index (χ4v) is 0.715. The Balaban J connectivity index is 0.000000364. The third-order valence-corrected chi connectivity index (χ3v) is 1.17. The molecule has 0 N–H and O–H groups in total. The molecule has 0 bridgehead atoms. The van der Waals surface area contributed by atoms with Crippen molar-refractivity contribution in [2.24, 2.45) is 0 Å². The maximum Gasteiger partial charge on any atom is 0.142 e. The molecule has 2 heteroatoms. The molecule has 0 unspecified atom stereocenters. The normalized spacial score (nSPS) is 9.00. The first-order chi connectivity index (χ1) is 6.66. The molecule has 0 aromatic heterocycles. The molecule has 0 aliphatic rings. The third-order valence-electron chi connectivity index (χ3n) is 1.17. The summed E-state index contributed by atoms with van der Waals surface area (Å²) in [7, 11) is 0. The van der Waals surface area contributed by atoms with Crippen LogP contribution in [0.5, 0.6) is 0 Å². The van der Waals surface area contributed by atoms with E-state index in [0.29, 0.717) is 0 Å². The molecule has 14 heavy (non-hydrogen) atoms. The standard InChI is InChI=1S/C9H8O.C3H6O/c10-8-4-7-9-5-2-1-3-6-9;1-3(2)4/h1-8H;1-2H3. The van der Waals surface area contributed by atoms with E-state index in [0.717, 1.165) is 11.8 Å². The van der Waals surface area contributed by atoms with Crippen LogP contribution in [0.2, 0.25) is 0 Å². The Hall–Kier alpha value is -1.70. The van der Waals surface area contributed by atoms with Crippen LogP contribution in [-0.4, -0.2) is 12.1 Å². The first-order valence-electron chi connectivity index (χ1n) is 4.31. The van der Waals surface area contributed by atoms with Gasteiger partial charge in [-0.05, 0) is 25.5 Å². The largest absolute Gasteiger partial charge is 0.300 e. The summed E-state index contributed by atoms with van der Waals surface area (Å²) in [5.41, 5.74) is 1.05. The number of benzene rings is 1. The van der Waals surface area contributed by atoms with Crippen LogP contribution >= 0.6 is 0 Å². The monoisotopic (exact) mass is 190 g/mol. The van der Waals surface area contributed by atoms with Crippen LogP contribution in [0, 0.1) is 0 Å². The zero-order valence-corrected chi connectivity index (χ0v) is 8.44. The number of hydrogen-bond acceptors (Lipinski definition) is 2. The minimum Gasteiger partial charge on any atom is -0.300 e. The van der Waals surface area contributed by atoms with Gasteiger partial charge in [0.25, 0.3) is 0 Å². The zero-order valence-electron chi connectivity index (χ0n) is 8.44. The number of ketones is 1. The lowest BCUT2D eigenvalue weighted by Gasteiger charge is -1.86. The minimum absolute atomic E-state index is 0.167. The lowest BCUT2D eigenvalue weighted by atomic mass is 10.2. The summed E-state index contributed by atoms with van der Waals surface area (Å²) in [5, 5.41) is 0. The fraction of sp³-hybridized carbons (Fsp3) is 0.167. The van der Waals surface area contributed by atoms with Crippen LogP contribution in [0.25, 0.3) is 6.08 Å². The van der Waals surface area contributed by atoms with Crippen molar-refractivity contribution in [1.82, 2.24) is 0 Å². The van der Waals surface area contributed by atoms with E-state index in [-0.39, 0.29) is 5.78 Å². The van der Waals surface area contributed by atoms with E-state index < -0.39 is 0 Å². The zero-order chi connectivity index (χ0) is 10.8. The van der Waals surface area contributed by atoms with Gasteiger partial charge in [0.2, 0.25) is 0 Å². The average Bonchev–Trinajstić information content (AvgIpc) is 2.15. The second kappa shape index (κ2) is 7.92. The summed E-state index contributed by atoms with van der Waals surface area (Å²) in [6, 6.07) is 9.70. The SMILES string of the molecule is CC(C)=O.O=CC=Cc1ccccc1. The molecule has 2 nitrogen and oxygen atoms in total. The van der Waals surface area contributed by atoms with E-state index in [2.05, 4.69) is 0 Å². The smallest absolute Gasteiger partial charge is 0.142 e. The van der Waals surface area contributed by atoms with Gasteiger partial charge in [-0.15, -0.1) is 0 Å². The van der Waals surface area contributed by atoms with Gasteiger partial charge in [-0.1, -0.05) is 36.4 Å². The number of carbonyl (C=O) groups is 2. The number of allylic oxidation sites excluding steroid dienone is 1. The van der Waals surface area contributed by atoms with Crippen molar-refractivity contribution in [2.75, 3.05) is 0 Å². The fourth-order valence-electron chi connectivity index (χ4n) is 0.715. The molecule has 0 saturated heterocycles. The highest BCUT2D eigenvalue weighted by atomic mass is 16.1. The van der Waals surface area contributed by atoms with Crippen LogP contribution in [0.3, 0.4) is 0 Å². The Labute approximate surface area is 84.3 Å². The Morgan fingerprint density at radius 2 is 1.64 bits per heavy atom. The van der Waals surface area contributed by atoms with Crippen molar-refractivity contribution >= 4 is 18.1 Å². The molecule has 0 spiro atoms. The van der Waals surface area contributed by atoms with Gasteiger partial charge in [-0.25, -0.2) is 0 Å². The van der Waals surface area contributed by atoms with Gasteiger partial charge in [-0.2, -0.15) is 0 Å². The quantitative estimate of drug-likeness (QED) is 0.530. The predicted octanol–water partition coefficient (Wildman–Crippen LogP) is 2.49. The van der Waals surface area contributed by atoms with E-state index >= 15 is 0 Å². The summed E-state index contributed by atoms with van der Waals surface area (Å²) < 4.78 is 0. The van der Waals surface area contributed by atoms with E-state index in [1.807, 2.05) is 30.3 Å². The van der Waals surface area contributed by atoms with Gasteiger partial charge in [0, 0.05) is 0 Å². The first-order valence-corrected chi connectivity index (χ1v) is 4.31. The molecule has 1 aromatic rings. The second-order valence-corrected chi connectivity index (χ2v) is 2.81. The van der Waals surface area contributed by atoms with Gasteiger partial charge < -0.3 is 4.79 Å². The van der Waals surface area contributed by atoms with Crippen molar-refractivity contribution in [3.63, 3.8) is 0 Å². The topological polar surface area (TPSA) is 34.1 Å². The molecule has 0 fully saturated rings. The van der Waals surface area contributed by atoms with Crippen LogP contribution in [0.4, 0.5) is 0 Å². The predicted molar refractivity (Wildman–Crippen MR) is 57.9 cm³/mol. The van der Waals surface area contributed by atoms with E-state index in [4.69, 9.17) is 0 Å². The third kappa shape index (κ3) is 8.40. The average molecular weight is 190 g/mol. The van der Waals surface area contributed by atoms with Gasteiger partial charge >= 0.3 is 0 Å². The number of carbonyl (C=O) groups excluding carboxylic acids is 2. The number of rotatable bonds is 2. The Morgan fingerprint density at radius 3 is 2.07 bits per heavy atom. The van der Waals surface area contributed by atoms with Gasteiger partial charge in [-0.3, -0.25) is 4.79 Å². The van der Waals surface area contributed by atoms with Crippen molar-refractivity contribution in [1.29, 1.82) is 0 Å². The highest BCUT2D eigenvalue weighted by Gasteiger charge is 1.79.